The first kappa shape index (κ1) is 17.3. The summed E-state index contributed by atoms with van der Waals surface area (Å²) in [7, 11) is 1.60. The number of rotatable bonds is 3. The predicted molar refractivity (Wildman–Crippen MR) is 85.2 cm³/mol. The molecule has 1 aromatic heterocycles. The molecule has 124 valence electrons. The third kappa shape index (κ3) is 4.72. The summed E-state index contributed by atoms with van der Waals surface area (Å²) in [4.78, 5) is 17.6. The Kier molecular flexibility index (Phi) is 4.99. The Morgan fingerprint density at radius 3 is 2.65 bits per heavy atom. The Balaban J connectivity index is 2.09. The molecule has 1 amide bonds. The zero-order valence-electron chi connectivity index (χ0n) is 13.4. The lowest BCUT2D eigenvalue weighted by molar-refractivity contribution is 0.0285. The van der Waals surface area contributed by atoms with Crippen LogP contribution in [0.1, 0.15) is 25.8 Å². The number of benzene rings is 1. The number of carbonyl (C=O) groups is 1. The predicted octanol–water partition coefficient (Wildman–Crippen LogP) is 4.46. The maximum atomic E-state index is 13.8. The fourth-order valence-electron chi connectivity index (χ4n) is 1.81. The van der Waals surface area contributed by atoms with Crippen molar-refractivity contribution >= 4 is 17.4 Å². The van der Waals surface area contributed by atoms with Crippen molar-refractivity contribution in [3.05, 3.63) is 40.2 Å². The van der Waals surface area contributed by atoms with Gasteiger partial charge in [0, 0.05) is 24.1 Å². The Bertz CT molecular complexity index is 710. The van der Waals surface area contributed by atoms with Crippen LogP contribution in [-0.4, -0.2) is 28.6 Å². The van der Waals surface area contributed by atoms with Crippen molar-refractivity contribution < 1.29 is 18.3 Å². The summed E-state index contributed by atoms with van der Waals surface area (Å²) in [5.74, 6) is -1.30. The van der Waals surface area contributed by atoms with Gasteiger partial charge in [0.15, 0.2) is 0 Å². The van der Waals surface area contributed by atoms with E-state index in [0.717, 1.165) is 6.07 Å². The standard InChI is InChI=1S/C16H18F2N2O2S/c1-16(2,3)22-15(21)20(4)8-14-19-13(9-23-14)11-6-5-10(17)7-12(11)18/h5-7,9H,8H2,1-4H3. The summed E-state index contributed by atoms with van der Waals surface area (Å²) in [6.07, 6.45) is -0.456. The molecule has 7 heteroatoms. The van der Waals surface area contributed by atoms with E-state index in [4.69, 9.17) is 4.74 Å². The van der Waals surface area contributed by atoms with Gasteiger partial charge in [0.1, 0.15) is 22.2 Å². The molecule has 0 unspecified atom stereocenters. The second-order valence-electron chi connectivity index (χ2n) is 6.09. The maximum absolute atomic E-state index is 13.8. The summed E-state index contributed by atoms with van der Waals surface area (Å²) in [5, 5.41) is 2.31. The van der Waals surface area contributed by atoms with E-state index in [-0.39, 0.29) is 12.1 Å². The zero-order valence-corrected chi connectivity index (χ0v) is 14.2. The lowest BCUT2D eigenvalue weighted by atomic mass is 10.1. The Morgan fingerprint density at radius 2 is 2.04 bits per heavy atom. The molecule has 0 aliphatic rings. The zero-order chi connectivity index (χ0) is 17.2. The van der Waals surface area contributed by atoms with Gasteiger partial charge in [-0.3, -0.25) is 0 Å². The average Bonchev–Trinajstić information content (AvgIpc) is 2.84. The first-order chi connectivity index (χ1) is 10.7. The van der Waals surface area contributed by atoms with Crippen LogP contribution in [0.2, 0.25) is 0 Å². The number of amides is 1. The average molecular weight is 340 g/mol. The highest BCUT2D eigenvalue weighted by molar-refractivity contribution is 7.09. The normalized spacial score (nSPS) is 11.4. The molecule has 2 rings (SSSR count). The molecule has 0 N–H and O–H groups in total. The summed E-state index contributed by atoms with van der Waals surface area (Å²) >= 11 is 1.30. The van der Waals surface area contributed by atoms with Gasteiger partial charge in [-0.05, 0) is 32.9 Å². The van der Waals surface area contributed by atoms with Gasteiger partial charge in [-0.25, -0.2) is 18.6 Å². The molecular weight excluding hydrogens is 322 g/mol. The molecular formula is C16H18F2N2O2S. The van der Waals surface area contributed by atoms with Crippen molar-refractivity contribution in [3.8, 4) is 11.3 Å². The van der Waals surface area contributed by atoms with Gasteiger partial charge in [0.25, 0.3) is 0 Å². The molecule has 0 saturated heterocycles. The van der Waals surface area contributed by atoms with Crippen LogP contribution in [0.15, 0.2) is 23.6 Å². The smallest absolute Gasteiger partial charge is 0.410 e. The van der Waals surface area contributed by atoms with Crippen LogP contribution in [-0.2, 0) is 11.3 Å². The number of aromatic nitrogens is 1. The molecule has 23 heavy (non-hydrogen) atoms. The number of carbonyl (C=O) groups excluding carboxylic acids is 1. The molecule has 2 aromatic rings. The Hall–Kier alpha value is -2.02. The van der Waals surface area contributed by atoms with Crippen LogP contribution in [0.25, 0.3) is 11.3 Å². The number of halogens is 2. The topological polar surface area (TPSA) is 42.4 Å². The third-order valence-electron chi connectivity index (χ3n) is 2.84. The second-order valence-corrected chi connectivity index (χ2v) is 7.03. The first-order valence-electron chi connectivity index (χ1n) is 6.99. The molecule has 0 aliphatic heterocycles. The van der Waals surface area contributed by atoms with E-state index < -0.39 is 23.3 Å². The van der Waals surface area contributed by atoms with E-state index in [2.05, 4.69) is 4.98 Å². The Morgan fingerprint density at radius 1 is 1.35 bits per heavy atom. The minimum atomic E-state index is -0.664. The second kappa shape index (κ2) is 6.62. The van der Waals surface area contributed by atoms with Gasteiger partial charge in [-0.1, -0.05) is 0 Å². The first-order valence-corrected chi connectivity index (χ1v) is 7.87. The van der Waals surface area contributed by atoms with Gasteiger partial charge >= 0.3 is 6.09 Å². The molecule has 1 heterocycles. The highest BCUT2D eigenvalue weighted by Gasteiger charge is 2.20. The summed E-state index contributed by atoms with van der Waals surface area (Å²) in [6, 6.07) is 3.35. The maximum Gasteiger partial charge on any atom is 0.410 e. The number of ether oxygens (including phenoxy) is 1. The quantitative estimate of drug-likeness (QED) is 0.829. The van der Waals surface area contributed by atoms with Crippen LogP contribution in [0.4, 0.5) is 13.6 Å². The summed E-state index contributed by atoms with van der Waals surface area (Å²) < 4.78 is 32.0. The minimum Gasteiger partial charge on any atom is -0.444 e. The van der Waals surface area contributed by atoms with Crippen LogP contribution in [0, 0.1) is 11.6 Å². The highest BCUT2D eigenvalue weighted by Crippen LogP contribution is 2.25. The molecule has 0 bridgehead atoms. The van der Waals surface area contributed by atoms with E-state index in [0.29, 0.717) is 10.7 Å². The third-order valence-corrected chi connectivity index (χ3v) is 3.67. The number of hydrogen-bond acceptors (Lipinski definition) is 4. The van der Waals surface area contributed by atoms with Crippen molar-refractivity contribution in [1.82, 2.24) is 9.88 Å². The van der Waals surface area contributed by atoms with Crippen LogP contribution >= 0.6 is 11.3 Å². The van der Waals surface area contributed by atoms with Gasteiger partial charge in [0.2, 0.25) is 0 Å². The van der Waals surface area contributed by atoms with Crippen molar-refractivity contribution in [1.29, 1.82) is 0 Å². The fraction of sp³-hybridized carbons (Fsp3) is 0.375. The summed E-state index contributed by atoms with van der Waals surface area (Å²) in [6.45, 7) is 5.62. The molecule has 0 atom stereocenters. The lowest BCUT2D eigenvalue weighted by Gasteiger charge is -2.24. The van der Waals surface area contributed by atoms with E-state index in [1.54, 1.807) is 33.2 Å². The van der Waals surface area contributed by atoms with Gasteiger partial charge in [0.05, 0.1) is 12.2 Å². The number of hydrogen-bond donors (Lipinski definition) is 0. The summed E-state index contributed by atoms with van der Waals surface area (Å²) in [5.41, 5.74) is 0.0743. The van der Waals surface area contributed by atoms with Crippen LogP contribution < -0.4 is 0 Å². The molecule has 0 fully saturated rings. The highest BCUT2D eigenvalue weighted by atomic mass is 32.1. The molecule has 0 saturated carbocycles. The molecule has 4 nitrogen and oxygen atoms in total. The van der Waals surface area contributed by atoms with Crippen LogP contribution in [0.3, 0.4) is 0 Å². The number of nitrogens with zero attached hydrogens (tertiary/aromatic N) is 2. The van der Waals surface area contributed by atoms with Gasteiger partial charge < -0.3 is 9.64 Å². The van der Waals surface area contributed by atoms with E-state index in [1.165, 1.54) is 28.4 Å². The molecule has 1 aromatic carbocycles. The fourth-order valence-corrected chi connectivity index (χ4v) is 2.66. The monoisotopic (exact) mass is 340 g/mol. The Labute approximate surface area is 137 Å². The van der Waals surface area contributed by atoms with Gasteiger partial charge in [-0.2, -0.15) is 0 Å². The SMILES string of the molecule is CN(Cc1nc(-c2ccc(F)cc2F)cs1)C(=O)OC(C)(C)C. The van der Waals surface area contributed by atoms with E-state index in [9.17, 15) is 13.6 Å². The molecule has 0 aliphatic carbocycles. The van der Waals surface area contributed by atoms with E-state index >= 15 is 0 Å². The van der Waals surface area contributed by atoms with Crippen molar-refractivity contribution in [3.63, 3.8) is 0 Å². The van der Waals surface area contributed by atoms with Gasteiger partial charge in [-0.15, -0.1) is 11.3 Å². The molecule has 0 radical (unpaired) electrons. The minimum absolute atomic E-state index is 0.230. The number of thiazole rings is 1. The van der Waals surface area contributed by atoms with Crippen molar-refractivity contribution in [2.75, 3.05) is 7.05 Å². The van der Waals surface area contributed by atoms with E-state index in [1.807, 2.05) is 0 Å². The van der Waals surface area contributed by atoms with Crippen molar-refractivity contribution in [2.24, 2.45) is 0 Å². The lowest BCUT2D eigenvalue weighted by Crippen LogP contribution is -2.33. The van der Waals surface area contributed by atoms with Crippen molar-refractivity contribution in [2.45, 2.75) is 32.9 Å². The van der Waals surface area contributed by atoms with Crippen LogP contribution in [0.5, 0.6) is 0 Å². The molecule has 0 spiro atoms. The largest absolute Gasteiger partial charge is 0.444 e.